The minimum atomic E-state index is -0.520. The van der Waals surface area contributed by atoms with Crippen molar-refractivity contribution in [3.8, 4) is 33.4 Å². The summed E-state index contributed by atoms with van der Waals surface area (Å²) < 4.78 is 6.97. The molecule has 12 aromatic rings. The van der Waals surface area contributed by atoms with E-state index in [0.717, 1.165) is 22.1 Å². The van der Waals surface area contributed by atoms with Crippen LogP contribution in [0, 0.1) is 0 Å². The van der Waals surface area contributed by atoms with Crippen molar-refractivity contribution in [1.29, 1.82) is 0 Å². The fraction of sp³-hybridized carbons (Fsp3) is 0.0169. The molecule has 0 bridgehead atoms. The maximum Gasteiger partial charge on any atom is 0.143 e. The van der Waals surface area contributed by atoms with E-state index in [1.165, 1.54) is 98.5 Å². The van der Waals surface area contributed by atoms with Gasteiger partial charge < -0.3 is 4.42 Å². The molecule has 0 radical (unpaired) electrons. The van der Waals surface area contributed by atoms with E-state index in [1.807, 2.05) is 0 Å². The maximum atomic E-state index is 6.97. The number of hydrogen-bond donors (Lipinski definition) is 0. The average molecular weight is 761 g/mol. The number of rotatable bonds is 5. The molecule has 1 heteroatoms. The highest BCUT2D eigenvalue weighted by Crippen LogP contribution is 2.59. The Hall–Kier alpha value is -7.74. The lowest BCUT2D eigenvalue weighted by atomic mass is 9.67. The van der Waals surface area contributed by atoms with Crippen LogP contribution >= 0.6 is 0 Å². The second-order valence-electron chi connectivity index (χ2n) is 16.3. The van der Waals surface area contributed by atoms with Crippen molar-refractivity contribution >= 4 is 65.0 Å². The molecule has 0 aliphatic heterocycles. The van der Waals surface area contributed by atoms with Crippen molar-refractivity contribution in [2.75, 3.05) is 0 Å². The first-order valence-electron chi connectivity index (χ1n) is 20.8. The van der Waals surface area contributed by atoms with E-state index < -0.39 is 5.41 Å². The van der Waals surface area contributed by atoms with Crippen LogP contribution in [0.15, 0.2) is 223 Å². The topological polar surface area (TPSA) is 13.1 Å². The standard InChI is InChI=1S/C59H36O/c1-4-16-37(17-5-1)54-47-24-12-14-26-49(47)55(50-27-15-13-25-48(50)54)42-31-30-38-32-40(29-28-39(38)33-42)43-35-51-56-53(36-43)60-58-46-23-11-10-18-41(46)34-52(57(56)58)59(51,44-19-6-2-7-20-44)45-21-8-3-9-22-45/h1-36H. The average Bonchev–Trinajstić information content (AvgIpc) is 3.86. The SMILES string of the molecule is c1ccc(-c2c3ccccc3c(-c3ccc4cc(-c5cc6c7c(c5)oc5c8ccccc8cc(c57)C6(c5ccccc5)c5ccccc5)ccc4c3)c3ccccc23)cc1. The van der Waals surface area contributed by atoms with E-state index in [1.54, 1.807) is 0 Å². The third-order valence-corrected chi connectivity index (χ3v) is 13.2. The summed E-state index contributed by atoms with van der Waals surface area (Å²) in [6.07, 6.45) is 0. The van der Waals surface area contributed by atoms with Gasteiger partial charge in [-0.3, -0.25) is 0 Å². The quantitative estimate of drug-likeness (QED) is 0.159. The Morgan fingerprint density at radius 3 is 1.40 bits per heavy atom. The van der Waals surface area contributed by atoms with Crippen molar-refractivity contribution in [3.63, 3.8) is 0 Å². The molecule has 0 saturated carbocycles. The normalized spacial score (nSPS) is 13.1. The Bertz CT molecular complexity index is 3590. The highest BCUT2D eigenvalue weighted by Gasteiger charge is 2.47. The maximum absolute atomic E-state index is 6.97. The summed E-state index contributed by atoms with van der Waals surface area (Å²) in [7, 11) is 0. The Kier molecular flexibility index (Phi) is 7.00. The molecule has 60 heavy (non-hydrogen) atoms. The fourth-order valence-corrected chi connectivity index (χ4v) is 10.7. The minimum Gasteiger partial charge on any atom is -0.455 e. The van der Waals surface area contributed by atoms with E-state index in [0.29, 0.717) is 0 Å². The van der Waals surface area contributed by atoms with E-state index in [4.69, 9.17) is 4.42 Å². The van der Waals surface area contributed by atoms with E-state index in [9.17, 15) is 0 Å². The summed E-state index contributed by atoms with van der Waals surface area (Å²) >= 11 is 0. The first-order valence-corrected chi connectivity index (χ1v) is 20.8. The zero-order chi connectivity index (χ0) is 39.4. The fourth-order valence-electron chi connectivity index (χ4n) is 10.7. The number of furan rings is 1. The van der Waals surface area contributed by atoms with Crippen molar-refractivity contribution in [2.45, 2.75) is 5.41 Å². The molecule has 0 fully saturated rings. The smallest absolute Gasteiger partial charge is 0.143 e. The first-order chi connectivity index (χ1) is 29.8. The highest BCUT2D eigenvalue weighted by molar-refractivity contribution is 6.23. The summed E-state index contributed by atoms with van der Waals surface area (Å²) in [5, 5.41) is 12.3. The van der Waals surface area contributed by atoms with Crippen LogP contribution in [0.4, 0.5) is 0 Å². The Morgan fingerprint density at radius 1 is 0.300 bits per heavy atom. The van der Waals surface area contributed by atoms with Crippen molar-refractivity contribution < 1.29 is 4.42 Å². The van der Waals surface area contributed by atoms with Crippen LogP contribution in [0.25, 0.3) is 98.4 Å². The van der Waals surface area contributed by atoms with Crippen LogP contribution in [0.3, 0.4) is 0 Å². The predicted molar refractivity (Wildman–Crippen MR) is 252 cm³/mol. The molecule has 0 amide bonds. The second-order valence-corrected chi connectivity index (χ2v) is 16.3. The van der Waals surface area contributed by atoms with Crippen molar-refractivity contribution in [2.24, 2.45) is 0 Å². The van der Waals surface area contributed by atoms with Crippen molar-refractivity contribution in [1.82, 2.24) is 0 Å². The summed E-state index contributed by atoms with van der Waals surface area (Å²) in [5.74, 6) is 0. The van der Waals surface area contributed by atoms with Crippen molar-refractivity contribution in [3.05, 3.63) is 241 Å². The number of fused-ring (bicyclic) bond motifs is 5. The largest absolute Gasteiger partial charge is 0.455 e. The number of benzene rings is 11. The van der Waals surface area contributed by atoms with Gasteiger partial charge in [-0.25, -0.2) is 0 Å². The molecule has 0 N–H and O–H groups in total. The molecule has 1 nitrogen and oxygen atoms in total. The van der Waals surface area contributed by atoms with Gasteiger partial charge >= 0.3 is 0 Å². The van der Waals surface area contributed by atoms with Gasteiger partial charge in [0.1, 0.15) is 11.2 Å². The Morgan fingerprint density at radius 2 is 0.783 bits per heavy atom. The molecule has 1 aliphatic rings. The zero-order valence-corrected chi connectivity index (χ0v) is 32.7. The van der Waals surface area contributed by atoms with Crippen LogP contribution in [-0.2, 0) is 5.41 Å². The summed E-state index contributed by atoms with van der Waals surface area (Å²) in [5.41, 5.74) is 13.8. The minimum absolute atomic E-state index is 0.520. The second kappa shape index (κ2) is 12.6. The van der Waals surface area contributed by atoms with Gasteiger partial charge in [0.15, 0.2) is 0 Å². The Balaban J connectivity index is 1.02. The van der Waals surface area contributed by atoms with Gasteiger partial charge in [-0.2, -0.15) is 0 Å². The molecule has 0 atom stereocenters. The number of hydrogen-bond acceptors (Lipinski definition) is 1. The van der Waals surface area contributed by atoms with E-state index in [-0.39, 0.29) is 0 Å². The molecule has 1 heterocycles. The van der Waals surface area contributed by atoms with Gasteiger partial charge in [0.25, 0.3) is 0 Å². The first kappa shape index (κ1) is 33.3. The van der Waals surface area contributed by atoms with Gasteiger partial charge in [-0.05, 0) is 124 Å². The molecule has 0 unspecified atom stereocenters. The molecular formula is C59H36O. The lowest BCUT2D eigenvalue weighted by Crippen LogP contribution is -2.29. The molecular weight excluding hydrogens is 725 g/mol. The van der Waals surface area contributed by atoms with E-state index in [2.05, 4.69) is 218 Å². The van der Waals surface area contributed by atoms with Gasteiger partial charge in [-0.15, -0.1) is 0 Å². The van der Waals surface area contributed by atoms with Gasteiger partial charge in [-0.1, -0.05) is 188 Å². The van der Waals surface area contributed by atoms with Crippen LogP contribution in [0.2, 0.25) is 0 Å². The van der Waals surface area contributed by atoms with Gasteiger partial charge in [0, 0.05) is 16.2 Å². The molecule has 11 aromatic carbocycles. The van der Waals surface area contributed by atoms with Crippen LogP contribution in [-0.4, -0.2) is 0 Å². The lowest BCUT2D eigenvalue weighted by molar-refractivity contribution is 0.668. The predicted octanol–water partition coefficient (Wildman–Crippen LogP) is 15.9. The third-order valence-electron chi connectivity index (χ3n) is 13.2. The van der Waals surface area contributed by atoms with Crippen LogP contribution in [0.1, 0.15) is 22.3 Å². The molecule has 0 spiro atoms. The summed E-state index contributed by atoms with van der Waals surface area (Å²) in [6, 6.07) is 80.4. The van der Waals surface area contributed by atoms with Crippen LogP contribution < -0.4 is 0 Å². The third kappa shape index (κ3) is 4.58. The lowest BCUT2D eigenvalue weighted by Gasteiger charge is -2.34. The van der Waals surface area contributed by atoms with Crippen LogP contribution in [0.5, 0.6) is 0 Å². The van der Waals surface area contributed by atoms with Gasteiger partial charge in [0.05, 0.1) is 5.41 Å². The Labute approximate surface area is 347 Å². The van der Waals surface area contributed by atoms with Gasteiger partial charge in [0.2, 0.25) is 0 Å². The molecule has 13 rings (SSSR count). The zero-order valence-electron chi connectivity index (χ0n) is 32.7. The van der Waals surface area contributed by atoms with E-state index >= 15 is 0 Å². The molecule has 1 aromatic heterocycles. The monoisotopic (exact) mass is 760 g/mol. The molecule has 278 valence electrons. The summed E-state index contributed by atoms with van der Waals surface area (Å²) in [6.45, 7) is 0. The highest BCUT2D eigenvalue weighted by atomic mass is 16.3. The summed E-state index contributed by atoms with van der Waals surface area (Å²) in [4.78, 5) is 0. The molecule has 0 saturated heterocycles. The molecule has 1 aliphatic carbocycles.